The highest BCUT2D eigenvalue weighted by Gasteiger charge is 2.18. The molecular weight excluding hydrogens is 332 g/mol. The third kappa shape index (κ3) is 2.37. The summed E-state index contributed by atoms with van der Waals surface area (Å²) in [5.74, 6) is -0.103. The van der Waals surface area contributed by atoms with Crippen LogP contribution in [-0.4, -0.2) is 10.1 Å². The molecule has 0 aliphatic rings. The van der Waals surface area contributed by atoms with Crippen LogP contribution in [0.1, 0.15) is 11.3 Å². The number of pyridine rings is 1. The van der Waals surface area contributed by atoms with Gasteiger partial charge < -0.3 is 10.1 Å². The number of benzene rings is 1. The molecule has 0 saturated carbocycles. The van der Waals surface area contributed by atoms with Gasteiger partial charge in [-0.3, -0.25) is 4.79 Å². The molecule has 0 spiro atoms. The average Bonchev–Trinajstić information content (AvgIpc) is 2.34. The predicted molar refractivity (Wildman–Crippen MR) is 76.3 cm³/mol. The van der Waals surface area contributed by atoms with E-state index in [1.165, 1.54) is 0 Å². The quantitative estimate of drug-likeness (QED) is 0.836. The Morgan fingerprint density at radius 3 is 2.79 bits per heavy atom. The van der Waals surface area contributed by atoms with Crippen LogP contribution >= 0.6 is 27.5 Å². The molecule has 0 radical (unpaired) electrons. The van der Waals surface area contributed by atoms with Crippen molar-refractivity contribution in [1.29, 1.82) is 5.26 Å². The monoisotopic (exact) mass is 338 g/mol. The number of aromatic nitrogens is 1. The number of aromatic amines is 1. The van der Waals surface area contributed by atoms with Gasteiger partial charge in [0.05, 0.1) is 9.50 Å². The van der Waals surface area contributed by atoms with Gasteiger partial charge in [0.2, 0.25) is 0 Å². The number of phenols is 1. The zero-order chi connectivity index (χ0) is 14.2. The molecule has 2 aromatic rings. The Balaban J connectivity index is 2.92. The molecule has 4 nitrogen and oxygen atoms in total. The molecule has 2 rings (SSSR count). The fraction of sp³-hybridized carbons (Fsp3) is 0.0769. The second-order valence-electron chi connectivity index (χ2n) is 3.93. The number of H-pyrrole nitrogens is 1. The fourth-order valence-corrected chi connectivity index (χ4v) is 2.38. The molecule has 96 valence electrons. The molecule has 0 fully saturated rings. The van der Waals surface area contributed by atoms with Crippen LogP contribution in [0.3, 0.4) is 0 Å². The van der Waals surface area contributed by atoms with Crippen LogP contribution in [0.2, 0.25) is 5.02 Å². The van der Waals surface area contributed by atoms with E-state index in [0.29, 0.717) is 15.7 Å². The number of nitrogens with zero attached hydrogens (tertiary/aromatic N) is 1. The largest absolute Gasteiger partial charge is 0.506 e. The summed E-state index contributed by atoms with van der Waals surface area (Å²) in [7, 11) is 0. The lowest BCUT2D eigenvalue weighted by molar-refractivity contribution is 0.474. The van der Waals surface area contributed by atoms with Crippen molar-refractivity contribution in [2.45, 2.75) is 6.92 Å². The summed E-state index contributed by atoms with van der Waals surface area (Å²) >= 11 is 9.25. The number of nitrogens with one attached hydrogen (secondary N) is 1. The lowest BCUT2D eigenvalue weighted by Crippen LogP contribution is -2.12. The van der Waals surface area contributed by atoms with Gasteiger partial charge >= 0.3 is 0 Å². The first-order valence-corrected chi connectivity index (χ1v) is 6.44. The van der Waals surface area contributed by atoms with E-state index in [1.54, 1.807) is 25.1 Å². The Labute approximate surface area is 122 Å². The Hall–Kier alpha value is -1.77. The fourth-order valence-electron chi connectivity index (χ4n) is 1.79. The Morgan fingerprint density at radius 2 is 2.16 bits per heavy atom. The second-order valence-corrected chi connectivity index (χ2v) is 5.20. The van der Waals surface area contributed by atoms with Crippen molar-refractivity contribution < 1.29 is 5.11 Å². The van der Waals surface area contributed by atoms with Crippen LogP contribution in [0.25, 0.3) is 11.1 Å². The van der Waals surface area contributed by atoms with Crippen LogP contribution in [-0.2, 0) is 0 Å². The lowest BCUT2D eigenvalue weighted by Gasteiger charge is -2.10. The van der Waals surface area contributed by atoms with Crippen LogP contribution in [0.5, 0.6) is 5.75 Å². The molecule has 19 heavy (non-hydrogen) atoms. The molecule has 0 saturated heterocycles. The van der Waals surface area contributed by atoms with Crippen LogP contribution < -0.4 is 5.56 Å². The molecule has 1 aromatic heterocycles. The first-order chi connectivity index (χ1) is 8.95. The van der Waals surface area contributed by atoms with Gasteiger partial charge in [0.15, 0.2) is 0 Å². The van der Waals surface area contributed by atoms with Crippen molar-refractivity contribution in [3.63, 3.8) is 0 Å². The van der Waals surface area contributed by atoms with Gasteiger partial charge in [-0.25, -0.2) is 0 Å². The number of phenolic OH excluding ortho intramolecular Hbond substituents is 1. The highest BCUT2D eigenvalue weighted by atomic mass is 79.9. The first kappa shape index (κ1) is 13.7. The maximum absolute atomic E-state index is 11.8. The van der Waals surface area contributed by atoms with Crippen LogP contribution in [0.15, 0.2) is 27.5 Å². The minimum Gasteiger partial charge on any atom is -0.506 e. The summed E-state index contributed by atoms with van der Waals surface area (Å²) in [6, 6.07) is 6.61. The van der Waals surface area contributed by atoms with Gasteiger partial charge in [0, 0.05) is 16.8 Å². The Bertz CT molecular complexity index is 762. The molecule has 0 bridgehead atoms. The topological polar surface area (TPSA) is 76.9 Å². The Morgan fingerprint density at radius 1 is 1.47 bits per heavy atom. The summed E-state index contributed by atoms with van der Waals surface area (Å²) in [6.07, 6.45) is 0. The molecule has 0 aliphatic heterocycles. The van der Waals surface area contributed by atoms with Crippen molar-refractivity contribution >= 4 is 27.5 Å². The van der Waals surface area contributed by atoms with E-state index in [0.717, 1.165) is 0 Å². The third-order valence-electron chi connectivity index (χ3n) is 2.63. The SMILES string of the molecule is Cc1cc(-c2c(Cl)ccc(Br)c2O)c(C#N)c(=O)[nH]1. The lowest BCUT2D eigenvalue weighted by atomic mass is 10.00. The summed E-state index contributed by atoms with van der Waals surface area (Å²) in [5, 5.41) is 19.4. The Kier molecular flexibility index (Phi) is 3.65. The average molecular weight is 340 g/mol. The summed E-state index contributed by atoms with van der Waals surface area (Å²) in [4.78, 5) is 14.3. The minimum absolute atomic E-state index is 0.0825. The van der Waals surface area contributed by atoms with Crippen molar-refractivity contribution in [1.82, 2.24) is 4.98 Å². The van der Waals surface area contributed by atoms with Crippen molar-refractivity contribution in [3.05, 3.63) is 49.3 Å². The van der Waals surface area contributed by atoms with Gasteiger partial charge in [-0.1, -0.05) is 11.6 Å². The summed E-state index contributed by atoms with van der Waals surface area (Å²) in [6.45, 7) is 1.69. The first-order valence-electron chi connectivity index (χ1n) is 5.27. The number of hydrogen-bond donors (Lipinski definition) is 2. The molecule has 0 unspecified atom stereocenters. The third-order valence-corrected chi connectivity index (χ3v) is 3.58. The van der Waals surface area contributed by atoms with Gasteiger partial charge in [-0.2, -0.15) is 5.26 Å². The molecule has 1 aromatic carbocycles. The van der Waals surface area contributed by atoms with E-state index in [9.17, 15) is 9.90 Å². The molecule has 2 N–H and O–H groups in total. The van der Waals surface area contributed by atoms with Crippen molar-refractivity contribution in [2.75, 3.05) is 0 Å². The molecule has 0 atom stereocenters. The number of aryl methyl sites for hydroxylation is 1. The van der Waals surface area contributed by atoms with Gasteiger partial charge in [-0.05, 0) is 41.1 Å². The maximum Gasteiger partial charge on any atom is 0.266 e. The van der Waals surface area contributed by atoms with E-state index in [2.05, 4.69) is 20.9 Å². The number of hydrogen-bond acceptors (Lipinski definition) is 3. The van der Waals surface area contributed by atoms with E-state index < -0.39 is 5.56 Å². The van der Waals surface area contributed by atoms with Crippen LogP contribution in [0.4, 0.5) is 0 Å². The number of rotatable bonds is 1. The molecule has 0 aliphatic carbocycles. The molecular formula is C13H8BrClN2O2. The smallest absolute Gasteiger partial charge is 0.266 e. The minimum atomic E-state index is -0.507. The number of halogens is 2. The maximum atomic E-state index is 11.8. The molecule has 6 heteroatoms. The highest BCUT2D eigenvalue weighted by Crippen LogP contribution is 2.41. The highest BCUT2D eigenvalue weighted by molar-refractivity contribution is 9.10. The summed E-state index contributed by atoms with van der Waals surface area (Å²) < 4.78 is 0.439. The van der Waals surface area contributed by atoms with Crippen LogP contribution in [0, 0.1) is 18.3 Å². The summed E-state index contributed by atoms with van der Waals surface area (Å²) in [5.41, 5.74) is 0.567. The van der Waals surface area contributed by atoms with Crippen molar-refractivity contribution in [2.24, 2.45) is 0 Å². The molecule has 0 amide bonds. The van der Waals surface area contributed by atoms with Gasteiger partial charge in [0.1, 0.15) is 17.4 Å². The number of aromatic hydroxyl groups is 1. The zero-order valence-electron chi connectivity index (χ0n) is 9.79. The second kappa shape index (κ2) is 5.08. The van der Waals surface area contributed by atoms with Gasteiger partial charge in [0.25, 0.3) is 5.56 Å². The van der Waals surface area contributed by atoms with E-state index in [-0.39, 0.29) is 21.9 Å². The predicted octanol–water partition coefficient (Wildman–Crippen LogP) is 3.34. The standard InChI is InChI=1S/C13H8BrClN2O2/c1-6-4-7(8(5-16)13(19)17-6)11-10(15)3-2-9(14)12(11)18/h2-4,18H,1H3,(H,17,19). The van der Waals surface area contributed by atoms with Gasteiger partial charge in [-0.15, -0.1) is 0 Å². The van der Waals surface area contributed by atoms with E-state index >= 15 is 0 Å². The number of nitriles is 1. The normalized spacial score (nSPS) is 10.2. The van der Waals surface area contributed by atoms with E-state index in [4.69, 9.17) is 16.9 Å². The zero-order valence-corrected chi connectivity index (χ0v) is 12.1. The van der Waals surface area contributed by atoms with E-state index in [1.807, 2.05) is 6.07 Å². The van der Waals surface area contributed by atoms with Crippen molar-refractivity contribution in [3.8, 4) is 22.9 Å². The molecule has 1 heterocycles.